The average Bonchev–Trinajstić information content (AvgIpc) is 2.38. The molecule has 3 nitrogen and oxygen atoms in total. The summed E-state index contributed by atoms with van der Waals surface area (Å²) in [6.45, 7) is 0.286. The van der Waals surface area contributed by atoms with Crippen LogP contribution in [0.4, 0.5) is 5.69 Å². The van der Waals surface area contributed by atoms with Gasteiger partial charge in [-0.15, -0.1) is 0 Å². The third kappa shape index (κ3) is 3.25. The van der Waals surface area contributed by atoms with Gasteiger partial charge in [0.2, 0.25) is 0 Å². The molecule has 0 radical (unpaired) electrons. The summed E-state index contributed by atoms with van der Waals surface area (Å²) in [6.07, 6.45) is 0. The van der Waals surface area contributed by atoms with E-state index in [9.17, 15) is 0 Å². The van der Waals surface area contributed by atoms with Crippen LogP contribution in [0.3, 0.4) is 0 Å². The van der Waals surface area contributed by atoms with Crippen LogP contribution in [0.15, 0.2) is 54.6 Å². The van der Waals surface area contributed by atoms with Crippen molar-refractivity contribution in [1.29, 1.82) is 5.26 Å². The SMILES string of the molecule is N#CCNc1cccc(Oc2ccccc2)c1. The van der Waals surface area contributed by atoms with E-state index in [1.807, 2.05) is 60.7 Å². The Morgan fingerprint density at radius 3 is 2.53 bits per heavy atom. The fourth-order valence-electron chi connectivity index (χ4n) is 1.44. The predicted molar refractivity (Wildman–Crippen MR) is 67.1 cm³/mol. The highest BCUT2D eigenvalue weighted by atomic mass is 16.5. The van der Waals surface area contributed by atoms with Crippen LogP contribution in [-0.2, 0) is 0 Å². The van der Waals surface area contributed by atoms with Gasteiger partial charge in [0.1, 0.15) is 18.0 Å². The number of ether oxygens (including phenoxy) is 1. The number of anilines is 1. The Morgan fingerprint density at radius 2 is 1.76 bits per heavy atom. The van der Waals surface area contributed by atoms with Crippen LogP contribution in [0.1, 0.15) is 0 Å². The van der Waals surface area contributed by atoms with Gasteiger partial charge in [-0.3, -0.25) is 0 Å². The second kappa shape index (κ2) is 5.57. The van der Waals surface area contributed by atoms with Crippen molar-refractivity contribution in [3.63, 3.8) is 0 Å². The zero-order valence-corrected chi connectivity index (χ0v) is 9.26. The van der Waals surface area contributed by atoms with Crippen molar-refractivity contribution in [2.45, 2.75) is 0 Å². The summed E-state index contributed by atoms with van der Waals surface area (Å²) in [5, 5.41) is 11.5. The lowest BCUT2D eigenvalue weighted by Crippen LogP contribution is -1.97. The molecule has 0 aromatic heterocycles. The molecule has 2 aromatic rings. The molecule has 84 valence electrons. The first kappa shape index (κ1) is 11.0. The van der Waals surface area contributed by atoms with Gasteiger partial charge < -0.3 is 10.1 Å². The van der Waals surface area contributed by atoms with Crippen molar-refractivity contribution in [2.24, 2.45) is 0 Å². The summed E-state index contributed by atoms with van der Waals surface area (Å²) in [5.41, 5.74) is 0.875. The lowest BCUT2D eigenvalue weighted by molar-refractivity contribution is 0.483. The van der Waals surface area contributed by atoms with Crippen LogP contribution in [-0.4, -0.2) is 6.54 Å². The minimum Gasteiger partial charge on any atom is -0.457 e. The van der Waals surface area contributed by atoms with Crippen molar-refractivity contribution in [3.05, 3.63) is 54.6 Å². The quantitative estimate of drug-likeness (QED) is 0.809. The van der Waals surface area contributed by atoms with Crippen molar-refractivity contribution in [3.8, 4) is 17.6 Å². The fraction of sp³-hybridized carbons (Fsp3) is 0.0714. The van der Waals surface area contributed by atoms with E-state index in [0.29, 0.717) is 0 Å². The Bertz CT molecular complexity index is 517. The van der Waals surface area contributed by atoms with Crippen LogP contribution < -0.4 is 10.1 Å². The van der Waals surface area contributed by atoms with E-state index in [1.54, 1.807) is 0 Å². The molecule has 2 rings (SSSR count). The molecule has 0 atom stereocenters. The minimum atomic E-state index is 0.286. The van der Waals surface area contributed by atoms with Gasteiger partial charge in [-0.05, 0) is 24.3 Å². The number of hydrogen-bond donors (Lipinski definition) is 1. The van der Waals surface area contributed by atoms with Crippen LogP contribution in [0, 0.1) is 11.3 Å². The molecule has 0 unspecified atom stereocenters. The zero-order valence-electron chi connectivity index (χ0n) is 9.26. The van der Waals surface area contributed by atoms with Crippen LogP contribution in [0.2, 0.25) is 0 Å². The van der Waals surface area contributed by atoms with Crippen LogP contribution in [0.25, 0.3) is 0 Å². The molecule has 0 bridgehead atoms. The molecule has 3 heteroatoms. The molecule has 17 heavy (non-hydrogen) atoms. The highest BCUT2D eigenvalue weighted by Gasteiger charge is 1.97. The predicted octanol–water partition coefficient (Wildman–Crippen LogP) is 3.41. The number of para-hydroxylation sites is 1. The number of nitriles is 1. The Balaban J connectivity index is 2.09. The smallest absolute Gasteiger partial charge is 0.129 e. The molecule has 2 aromatic carbocycles. The van der Waals surface area contributed by atoms with Crippen molar-refractivity contribution in [1.82, 2.24) is 0 Å². The summed E-state index contributed by atoms with van der Waals surface area (Å²) in [7, 11) is 0. The lowest BCUT2D eigenvalue weighted by Gasteiger charge is -2.07. The molecule has 1 N–H and O–H groups in total. The first-order valence-corrected chi connectivity index (χ1v) is 5.32. The third-order valence-corrected chi connectivity index (χ3v) is 2.18. The maximum atomic E-state index is 8.49. The molecular formula is C14H12N2O. The van der Waals surface area contributed by atoms with E-state index in [-0.39, 0.29) is 6.54 Å². The zero-order chi connectivity index (χ0) is 11.9. The maximum Gasteiger partial charge on any atom is 0.129 e. The van der Waals surface area contributed by atoms with Gasteiger partial charge in [0.15, 0.2) is 0 Å². The van der Waals surface area contributed by atoms with E-state index in [2.05, 4.69) is 5.32 Å². The number of benzene rings is 2. The highest BCUT2D eigenvalue weighted by Crippen LogP contribution is 2.23. The Kier molecular flexibility index (Phi) is 3.61. The fourth-order valence-corrected chi connectivity index (χ4v) is 1.44. The van der Waals surface area contributed by atoms with Gasteiger partial charge in [-0.2, -0.15) is 5.26 Å². The van der Waals surface area contributed by atoms with Crippen LogP contribution >= 0.6 is 0 Å². The number of rotatable bonds is 4. The molecule has 0 amide bonds. The second-order valence-electron chi connectivity index (χ2n) is 3.45. The molecule has 0 heterocycles. The van der Waals surface area contributed by atoms with E-state index in [0.717, 1.165) is 17.2 Å². The molecule has 0 spiro atoms. The second-order valence-corrected chi connectivity index (χ2v) is 3.45. The monoisotopic (exact) mass is 224 g/mol. The van der Waals surface area contributed by atoms with E-state index >= 15 is 0 Å². The first-order valence-electron chi connectivity index (χ1n) is 5.32. The largest absolute Gasteiger partial charge is 0.457 e. The standard InChI is InChI=1S/C14H12N2O/c15-9-10-16-12-5-4-8-14(11-12)17-13-6-2-1-3-7-13/h1-8,11,16H,10H2. The number of hydrogen-bond acceptors (Lipinski definition) is 3. The molecule has 0 saturated heterocycles. The van der Waals surface area contributed by atoms with Crippen molar-refractivity contribution < 1.29 is 4.74 Å². The van der Waals surface area contributed by atoms with Crippen molar-refractivity contribution >= 4 is 5.69 Å². The molecule has 0 aliphatic rings. The Morgan fingerprint density at radius 1 is 1.00 bits per heavy atom. The topological polar surface area (TPSA) is 45.0 Å². The molecule has 0 fully saturated rings. The van der Waals surface area contributed by atoms with Gasteiger partial charge in [-0.1, -0.05) is 24.3 Å². The molecule has 0 aliphatic carbocycles. The number of nitrogens with one attached hydrogen (secondary N) is 1. The highest BCUT2D eigenvalue weighted by molar-refractivity contribution is 5.49. The van der Waals surface area contributed by atoms with Crippen molar-refractivity contribution in [2.75, 3.05) is 11.9 Å². The third-order valence-electron chi connectivity index (χ3n) is 2.18. The van der Waals surface area contributed by atoms with E-state index in [1.165, 1.54) is 0 Å². The molecule has 0 aliphatic heterocycles. The van der Waals surface area contributed by atoms with Gasteiger partial charge in [0.05, 0.1) is 6.07 Å². The first-order chi connectivity index (χ1) is 8.38. The molecule has 0 saturated carbocycles. The van der Waals surface area contributed by atoms with Gasteiger partial charge in [0.25, 0.3) is 0 Å². The number of nitrogens with zero attached hydrogens (tertiary/aromatic N) is 1. The maximum absolute atomic E-state index is 8.49. The van der Waals surface area contributed by atoms with Crippen LogP contribution in [0.5, 0.6) is 11.5 Å². The summed E-state index contributed by atoms with van der Waals surface area (Å²) < 4.78 is 5.68. The molecular weight excluding hydrogens is 212 g/mol. The van der Waals surface area contributed by atoms with E-state index < -0.39 is 0 Å². The average molecular weight is 224 g/mol. The lowest BCUT2D eigenvalue weighted by atomic mass is 10.3. The van der Waals surface area contributed by atoms with Gasteiger partial charge in [-0.25, -0.2) is 0 Å². The summed E-state index contributed by atoms with van der Waals surface area (Å²) >= 11 is 0. The summed E-state index contributed by atoms with van der Waals surface area (Å²) in [4.78, 5) is 0. The Labute approximate surface area is 100 Å². The van der Waals surface area contributed by atoms with Gasteiger partial charge in [0, 0.05) is 11.8 Å². The minimum absolute atomic E-state index is 0.286. The normalized spacial score (nSPS) is 9.35. The van der Waals surface area contributed by atoms with E-state index in [4.69, 9.17) is 10.00 Å². The van der Waals surface area contributed by atoms with Gasteiger partial charge >= 0.3 is 0 Å². The Hall–Kier alpha value is -2.47. The summed E-state index contributed by atoms with van der Waals surface area (Å²) in [6, 6.07) is 19.1. The summed E-state index contributed by atoms with van der Waals surface area (Å²) in [5.74, 6) is 1.55.